The van der Waals surface area contributed by atoms with E-state index >= 15 is 0 Å². The highest BCUT2D eigenvalue weighted by molar-refractivity contribution is 5.74. The van der Waals surface area contributed by atoms with Gasteiger partial charge in [-0.3, -0.25) is 0 Å². The average Bonchev–Trinajstić information content (AvgIpc) is 2.97. The minimum absolute atomic E-state index is 0.0946. The number of rotatable bonds is 6. The van der Waals surface area contributed by atoms with Crippen molar-refractivity contribution in [1.82, 2.24) is 10.6 Å². The van der Waals surface area contributed by atoms with Crippen LogP contribution in [0, 0.1) is 0 Å². The molecule has 2 amide bonds. The number of nitrogens with one attached hydrogen (secondary N) is 2. The molecular formula is C15H23N3O2. The van der Waals surface area contributed by atoms with Gasteiger partial charge in [-0.15, -0.1) is 0 Å². The van der Waals surface area contributed by atoms with Crippen molar-refractivity contribution >= 4 is 11.7 Å². The highest BCUT2D eigenvalue weighted by Crippen LogP contribution is 2.10. The maximum Gasteiger partial charge on any atom is 0.315 e. The SMILES string of the molecule is CN(CCCNC(=O)NC1CCOC1)c1ccccc1. The van der Waals surface area contributed by atoms with Gasteiger partial charge in [0.1, 0.15) is 0 Å². The molecule has 1 aliphatic heterocycles. The summed E-state index contributed by atoms with van der Waals surface area (Å²) in [5, 5.41) is 5.79. The third-order valence-electron chi connectivity index (χ3n) is 3.42. The first-order valence-electron chi connectivity index (χ1n) is 7.14. The first-order valence-corrected chi connectivity index (χ1v) is 7.14. The molecule has 0 spiro atoms. The lowest BCUT2D eigenvalue weighted by atomic mass is 10.3. The lowest BCUT2D eigenvalue weighted by molar-refractivity contribution is 0.188. The summed E-state index contributed by atoms with van der Waals surface area (Å²) in [6.45, 7) is 2.96. The number of hydrogen-bond donors (Lipinski definition) is 2. The summed E-state index contributed by atoms with van der Waals surface area (Å²) in [7, 11) is 2.06. The lowest BCUT2D eigenvalue weighted by Gasteiger charge is -2.19. The van der Waals surface area contributed by atoms with Crippen LogP contribution in [0.3, 0.4) is 0 Å². The van der Waals surface area contributed by atoms with Crippen LogP contribution in [-0.4, -0.2) is 45.4 Å². The van der Waals surface area contributed by atoms with E-state index in [0.29, 0.717) is 13.2 Å². The maximum atomic E-state index is 11.6. The second-order valence-corrected chi connectivity index (χ2v) is 5.07. The number of urea groups is 1. The van der Waals surface area contributed by atoms with E-state index in [-0.39, 0.29) is 12.1 Å². The fourth-order valence-electron chi connectivity index (χ4n) is 2.21. The predicted molar refractivity (Wildman–Crippen MR) is 80.1 cm³/mol. The molecule has 0 radical (unpaired) electrons. The molecule has 2 rings (SSSR count). The van der Waals surface area contributed by atoms with E-state index in [4.69, 9.17) is 4.74 Å². The molecule has 0 aliphatic carbocycles. The van der Waals surface area contributed by atoms with Crippen LogP contribution in [0.25, 0.3) is 0 Å². The zero-order valence-electron chi connectivity index (χ0n) is 12.0. The molecule has 110 valence electrons. The minimum Gasteiger partial charge on any atom is -0.379 e. The third-order valence-corrected chi connectivity index (χ3v) is 3.42. The highest BCUT2D eigenvalue weighted by atomic mass is 16.5. The lowest BCUT2D eigenvalue weighted by Crippen LogP contribution is -2.43. The van der Waals surface area contributed by atoms with E-state index in [0.717, 1.165) is 26.0 Å². The van der Waals surface area contributed by atoms with Crippen LogP contribution in [0.2, 0.25) is 0 Å². The third kappa shape index (κ3) is 4.74. The van der Waals surface area contributed by atoms with Crippen molar-refractivity contribution in [1.29, 1.82) is 0 Å². The number of amides is 2. The van der Waals surface area contributed by atoms with Gasteiger partial charge in [0.2, 0.25) is 0 Å². The molecule has 2 N–H and O–H groups in total. The Bertz CT molecular complexity index is 405. The number of carbonyl (C=O) groups is 1. The molecule has 5 heteroatoms. The number of benzene rings is 1. The summed E-state index contributed by atoms with van der Waals surface area (Å²) in [6, 6.07) is 10.3. The normalized spacial score (nSPS) is 17.8. The molecule has 1 saturated heterocycles. The summed E-state index contributed by atoms with van der Waals surface area (Å²) in [6.07, 6.45) is 1.82. The molecular weight excluding hydrogens is 254 g/mol. The molecule has 1 aliphatic rings. The van der Waals surface area contributed by atoms with Gasteiger partial charge in [-0.2, -0.15) is 0 Å². The number of hydrogen-bond acceptors (Lipinski definition) is 3. The van der Waals surface area contributed by atoms with Crippen LogP contribution in [0.1, 0.15) is 12.8 Å². The highest BCUT2D eigenvalue weighted by Gasteiger charge is 2.17. The van der Waals surface area contributed by atoms with Gasteiger partial charge < -0.3 is 20.3 Å². The summed E-state index contributed by atoms with van der Waals surface area (Å²) >= 11 is 0. The van der Waals surface area contributed by atoms with Crippen molar-refractivity contribution in [2.45, 2.75) is 18.9 Å². The van der Waals surface area contributed by atoms with Crippen LogP contribution in [0.4, 0.5) is 10.5 Å². The van der Waals surface area contributed by atoms with E-state index in [1.807, 2.05) is 18.2 Å². The van der Waals surface area contributed by atoms with Gasteiger partial charge in [-0.05, 0) is 25.0 Å². The Morgan fingerprint density at radius 3 is 2.90 bits per heavy atom. The largest absolute Gasteiger partial charge is 0.379 e. The van der Waals surface area contributed by atoms with E-state index < -0.39 is 0 Å². The van der Waals surface area contributed by atoms with Gasteiger partial charge in [0.15, 0.2) is 0 Å². The molecule has 1 heterocycles. The summed E-state index contributed by atoms with van der Waals surface area (Å²) < 4.78 is 5.21. The Hall–Kier alpha value is -1.75. The van der Waals surface area contributed by atoms with Crippen molar-refractivity contribution in [3.8, 4) is 0 Å². The number of carbonyl (C=O) groups excluding carboxylic acids is 1. The van der Waals surface area contributed by atoms with Crippen LogP contribution < -0.4 is 15.5 Å². The van der Waals surface area contributed by atoms with Crippen molar-refractivity contribution in [2.75, 3.05) is 38.3 Å². The van der Waals surface area contributed by atoms with Crippen LogP contribution in [-0.2, 0) is 4.74 Å². The van der Waals surface area contributed by atoms with Crippen molar-refractivity contribution < 1.29 is 9.53 Å². The van der Waals surface area contributed by atoms with Gasteiger partial charge >= 0.3 is 6.03 Å². The zero-order chi connectivity index (χ0) is 14.2. The van der Waals surface area contributed by atoms with Crippen LogP contribution in [0.5, 0.6) is 0 Å². The summed E-state index contributed by atoms with van der Waals surface area (Å²) in [4.78, 5) is 13.8. The number of nitrogens with zero attached hydrogens (tertiary/aromatic N) is 1. The first kappa shape index (κ1) is 14.7. The van der Waals surface area contributed by atoms with Gasteiger partial charge in [-0.25, -0.2) is 4.79 Å². The molecule has 1 aromatic carbocycles. The Morgan fingerprint density at radius 2 is 2.20 bits per heavy atom. The molecule has 20 heavy (non-hydrogen) atoms. The molecule has 0 aromatic heterocycles. The number of para-hydroxylation sites is 1. The molecule has 5 nitrogen and oxygen atoms in total. The molecule has 0 saturated carbocycles. The first-order chi connectivity index (χ1) is 9.75. The average molecular weight is 277 g/mol. The second-order valence-electron chi connectivity index (χ2n) is 5.07. The van der Waals surface area contributed by atoms with E-state index in [1.54, 1.807) is 0 Å². The Labute approximate surface area is 120 Å². The van der Waals surface area contributed by atoms with Gasteiger partial charge in [-0.1, -0.05) is 18.2 Å². The topological polar surface area (TPSA) is 53.6 Å². The standard InChI is InChI=1S/C15H23N3O2/c1-18(14-6-3-2-4-7-14)10-5-9-16-15(19)17-13-8-11-20-12-13/h2-4,6-7,13H,5,8-12H2,1H3,(H2,16,17,19). The van der Waals surface area contributed by atoms with Crippen molar-refractivity contribution in [3.63, 3.8) is 0 Å². The maximum absolute atomic E-state index is 11.6. The molecule has 1 unspecified atom stereocenters. The quantitative estimate of drug-likeness (QED) is 0.777. The van der Waals surface area contributed by atoms with Crippen LogP contribution in [0.15, 0.2) is 30.3 Å². The predicted octanol–water partition coefficient (Wildman–Crippen LogP) is 1.60. The monoisotopic (exact) mass is 277 g/mol. The zero-order valence-corrected chi connectivity index (χ0v) is 12.0. The van der Waals surface area contributed by atoms with Gasteiger partial charge in [0.25, 0.3) is 0 Å². The van der Waals surface area contributed by atoms with E-state index in [1.165, 1.54) is 5.69 Å². The van der Waals surface area contributed by atoms with Crippen molar-refractivity contribution in [2.24, 2.45) is 0 Å². The summed E-state index contributed by atoms with van der Waals surface area (Å²) in [5.74, 6) is 0. The second kappa shape index (κ2) is 7.75. The number of ether oxygens (including phenoxy) is 1. The Balaban J connectivity index is 1.58. The summed E-state index contributed by atoms with van der Waals surface area (Å²) in [5.41, 5.74) is 1.19. The molecule has 1 atom stereocenters. The van der Waals surface area contributed by atoms with E-state index in [2.05, 4.69) is 34.7 Å². The molecule has 0 bridgehead atoms. The fraction of sp³-hybridized carbons (Fsp3) is 0.533. The van der Waals surface area contributed by atoms with Crippen molar-refractivity contribution in [3.05, 3.63) is 30.3 Å². The smallest absolute Gasteiger partial charge is 0.315 e. The Morgan fingerprint density at radius 1 is 1.40 bits per heavy atom. The fourth-order valence-corrected chi connectivity index (χ4v) is 2.21. The number of anilines is 1. The van der Waals surface area contributed by atoms with Gasteiger partial charge in [0, 0.05) is 32.4 Å². The molecule has 1 aromatic rings. The van der Waals surface area contributed by atoms with Gasteiger partial charge in [0.05, 0.1) is 12.6 Å². The molecule has 1 fully saturated rings. The Kier molecular flexibility index (Phi) is 5.68. The van der Waals surface area contributed by atoms with E-state index in [9.17, 15) is 4.79 Å². The van der Waals surface area contributed by atoms with Crippen LogP contribution >= 0.6 is 0 Å². The minimum atomic E-state index is -0.0946.